The molecular weight excluding hydrogens is 498 g/mol. The largest absolute Gasteiger partial charge is 0.486 e. The monoisotopic (exact) mass is 524 g/mol. The molecule has 3 aliphatic carbocycles. The van der Waals surface area contributed by atoms with Crippen LogP contribution in [-0.2, 0) is 4.74 Å². The maximum Gasteiger partial charge on any atom is 0.404 e. The second-order valence-electron chi connectivity index (χ2n) is 9.11. The Morgan fingerprint density at radius 3 is 1.70 bits per heavy atom. The molecule has 4 N–H and O–H groups in total. The van der Waals surface area contributed by atoms with Crippen LogP contribution in [0.25, 0.3) is 0 Å². The molecule has 1 aromatic rings. The highest BCUT2D eigenvalue weighted by molar-refractivity contribution is 5.42. The van der Waals surface area contributed by atoms with Crippen molar-refractivity contribution in [2.45, 2.75) is 37.7 Å². The quantitative estimate of drug-likeness (QED) is 0.315. The lowest BCUT2D eigenvalue weighted by Crippen LogP contribution is -2.59. The van der Waals surface area contributed by atoms with Crippen molar-refractivity contribution in [2.75, 3.05) is 5.73 Å². The summed E-state index contributed by atoms with van der Waals surface area (Å²) in [5.41, 5.74) is 8.32. The van der Waals surface area contributed by atoms with Crippen LogP contribution >= 0.6 is 0 Å². The van der Waals surface area contributed by atoms with Gasteiger partial charge >= 0.3 is 12.4 Å². The molecule has 0 radical (unpaired) electrons. The average Bonchev–Trinajstić information content (AvgIpc) is 2.83. The predicted molar refractivity (Wildman–Crippen MR) is 128 cm³/mol. The molecule has 37 heavy (non-hydrogen) atoms. The van der Waals surface area contributed by atoms with Crippen molar-refractivity contribution in [1.29, 1.82) is 0 Å². The van der Waals surface area contributed by atoms with E-state index in [4.69, 9.17) is 20.9 Å². The Labute approximate surface area is 210 Å². The normalized spacial score (nSPS) is 24.3. The smallest absolute Gasteiger partial charge is 0.404 e. The molecule has 3 atom stereocenters. The molecule has 4 rings (SSSR count). The highest BCUT2D eigenvalue weighted by atomic mass is 19.4. The maximum atomic E-state index is 14.5. The Morgan fingerprint density at radius 1 is 0.676 bits per heavy atom. The fourth-order valence-electron chi connectivity index (χ4n) is 4.87. The lowest BCUT2D eigenvalue weighted by Gasteiger charge is -2.47. The summed E-state index contributed by atoms with van der Waals surface area (Å²) in [5, 5.41) is 0. The van der Waals surface area contributed by atoms with Crippen molar-refractivity contribution in [1.82, 2.24) is 0 Å². The molecule has 3 aliphatic rings. The molecule has 0 heterocycles. The van der Waals surface area contributed by atoms with Gasteiger partial charge < -0.3 is 20.9 Å². The number of hydrogen-bond acceptors (Lipinski definition) is 4. The van der Waals surface area contributed by atoms with Crippen molar-refractivity contribution in [3.8, 4) is 5.75 Å². The molecule has 0 bridgehead atoms. The first-order valence-corrected chi connectivity index (χ1v) is 11.6. The Bertz CT molecular complexity index is 1160. The van der Waals surface area contributed by atoms with E-state index in [0.717, 1.165) is 18.2 Å². The Morgan fingerprint density at radius 2 is 1.24 bits per heavy atom. The number of benzene rings is 1. The van der Waals surface area contributed by atoms with E-state index >= 15 is 0 Å². The highest BCUT2D eigenvalue weighted by Gasteiger charge is 2.75. The van der Waals surface area contributed by atoms with E-state index in [1.807, 2.05) is 0 Å². The van der Waals surface area contributed by atoms with Crippen molar-refractivity contribution >= 4 is 5.69 Å². The number of ether oxygens (including phenoxy) is 2. The second kappa shape index (κ2) is 10.1. The summed E-state index contributed by atoms with van der Waals surface area (Å²) in [6, 6.07) is 6.25. The summed E-state index contributed by atoms with van der Waals surface area (Å²) in [4.78, 5) is 0. The third kappa shape index (κ3) is 5.42. The molecule has 0 spiro atoms. The second-order valence-corrected chi connectivity index (χ2v) is 9.11. The molecule has 0 aromatic heterocycles. The molecule has 0 aliphatic heterocycles. The van der Waals surface area contributed by atoms with Gasteiger partial charge in [0.25, 0.3) is 0 Å². The SMILES string of the molecule is NC1=CCC(OC2=CCC(C(C3C=CC(Oc4ccc(N)cc4)=CC3)(C(F)(F)F)C(F)(F)F)C=C2)C=C1. The fourth-order valence-corrected chi connectivity index (χ4v) is 4.87. The molecule has 1 aromatic carbocycles. The van der Waals surface area contributed by atoms with E-state index in [1.165, 1.54) is 18.2 Å². The summed E-state index contributed by atoms with van der Waals surface area (Å²) in [5.74, 6) is -3.02. The minimum atomic E-state index is -5.57. The molecule has 10 heteroatoms. The van der Waals surface area contributed by atoms with Crippen LogP contribution in [0, 0.1) is 17.3 Å². The van der Waals surface area contributed by atoms with Crippen LogP contribution in [0.15, 0.2) is 96.2 Å². The molecule has 4 nitrogen and oxygen atoms in total. The van der Waals surface area contributed by atoms with Gasteiger partial charge in [0.15, 0.2) is 5.41 Å². The van der Waals surface area contributed by atoms with Crippen LogP contribution < -0.4 is 16.2 Å². The van der Waals surface area contributed by atoms with Gasteiger partial charge in [-0.25, -0.2) is 0 Å². The number of nitrogen functional groups attached to an aromatic ring is 1. The number of hydrogen-bond donors (Lipinski definition) is 2. The minimum Gasteiger partial charge on any atom is -0.486 e. The first kappa shape index (κ1) is 26.5. The van der Waals surface area contributed by atoms with E-state index in [-0.39, 0.29) is 11.5 Å². The number of allylic oxidation sites excluding steroid dienone is 7. The number of alkyl halides is 6. The van der Waals surface area contributed by atoms with E-state index in [0.29, 0.717) is 23.6 Å². The summed E-state index contributed by atoms with van der Waals surface area (Å²) < 4.78 is 98.3. The fraction of sp³-hybridized carbons (Fsp3) is 0.333. The zero-order valence-corrected chi connectivity index (χ0v) is 19.6. The van der Waals surface area contributed by atoms with Crippen molar-refractivity contribution in [3.05, 3.63) is 96.2 Å². The van der Waals surface area contributed by atoms with Crippen molar-refractivity contribution < 1.29 is 35.8 Å². The molecule has 0 saturated carbocycles. The number of rotatable bonds is 6. The third-order valence-electron chi connectivity index (χ3n) is 6.73. The van der Waals surface area contributed by atoms with Gasteiger partial charge in [0.05, 0.1) is 0 Å². The van der Waals surface area contributed by atoms with Crippen LogP contribution in [0.5, 0.6) is 5.75 Å². The average molecular weight is 525 g/mol. The molecule has 3 unspecified atom stereocenters. The van der Waals surface area contributed by atoms with E-state index in [2.05, 4.69) is 0 Å². The van der Waals surface area contributed by atoms with E-state index < -0.39 is 48.5 Å². The Kier molecular flexibility index (Phi) is 7.21. The van der Waals surface area contributed by atoms with Crippen molar-refractivity contribution in [2.24, 2.45) is 23.0 Å². The van der Waals surface area contributed by atoms with Gasteiger partial charge in [-0.3, -0.25) is 0 Å². The summed E-state index contributed by atoms with van der Waals surface area (Å²) >= 11 is 0. The molecular formula is C27H26F6N2O2. The molecule has 0 fully saturated rings. The zero-order chi connectivity index (χ0) is 26.8. The minimum absolute atomic E-state index is 0.157. The van der Waals surface area contributed by atoms with Gasteiger partial charge in [0.1, 0.15) is 23.4 Å². The van der Waals surface area contributed by atoms with Gasteiger partial charge in [-0.2, -0.15) is 26.3 Å². The summed E-state index contributed by atoms with van der Waals surface area (Å²) in [7, 11) is 0. The lowest BCUT2D eigenvalue weighted by atomic mass is 9.61. The van der Waals surface area contributed by atoms with Gasteiger partial charge in [0.2, 0.25) is 0 Å². The lowest BCUT2D eigenvalue weighted by molar-refractivity contribution is -0.367. The maximum absolute atomic E-state index is 14.5. The van der Waals surface area contributed by atoms with Crippen LogP contribution in [0.1, 0.15) is 19.3 Å². The number of anilines is 1. The molecule has 198 valence electrons. The van der Waals surface area contributed by atoms with Gasteiger partial charge in [-0.15, -0.1) is 0 Å². The Hall–Kier alpha value is -3.56. The van der Waals surface area contributed by atoms with Crippen LogP contribution in [0.2, 0.25) is 0 Å². The van der Waals surface area contributed by atoms with E-state index in [9.17, 15) is 26.3 Å². The van der Waals surface area contributed by atoms with Crippen LogP contribution in [0.4, 0.5) is 32.0 Å². The topological polar surface area (TPSA) is 70.5 Å². The molecule has 0 amide bonds. The summed E-state index contributed by atoms with van der Waals surface area (Å²) in [6.07, 6.45) is -0.242. The van der Waals surface area contributed by atoms with Gasteiger partial charge in [-0.05, 0) is 73.6 Å². The standard InChI is InChI=1S/C27H26F6N2O2/c28-26(29,30)25(27(31,32)33,17-1-9-21(10-2-17)36-23-13-5-19(34)6-14-23)18-3-11-22(12-4-18)37-24-15-7-20(35)8-16-24/h1,3,5-15,17-18,24H,2,4,16,34-35H2. The van der Waals surface area contributed by atoms with E-state index in [1.54, 1.807) is 42.5 Å². The summed E-state index contributed by atoms with van der Waals surface area (Å²) in [6.45, 7) is 0. The van der Waals surface area contributed by atoms with Crippen LogP contribution in [-0.4, -0.2) is 18.5 Å². The van der Waals surface area contributed by atoms with Gasteiger partial charge in [-0.1, -0.05) is 18.2 Å². The zero-order valence-electron chi connectivity index (χ0n) is 19.6. The molecule has 0 saturated heterocycles. The number of nitrogens with two attached hydrogens (primary N) is 2. The van der Waals surface area contributed by atoms with Crippen LogP contribution in [0.3, 0.4) is 0 Å². The Balaban J connectivity index is 1.55. The van der Waals surface area contributed by atoms with Gasteiger partial charge in [0, 0.05) is 29.6 Å². The predicted octanol–water partition coefficient (Wildman–Crippen LogP) is 6.87. The third-order valence-corrected chi connectivity index (χ3v) is 6.73. The first-order valence-electron chi connectivity index (χ1n) is 11.6. The highest BCUT2D eigenvalue weighted by Crippen LogP contribution is 2.62. The first-order chi connectivity index (χ1) is 17.4. The van der Waals surface area contributed by atoms with Crippen molar-refractivity contribution in [3.63, 3.8) is 0 Å². The number of halogens is 6.